The molecule has 0 aliphatic carbocycles. The number of nitrogens with one attached hydrogen (secondary N) is 1. The van der Waals surface area contributed by atoms with Crippen molar-refractivity contribution in [2.45, 2.75) is 71.1 Å². The van der Waals surface area contributed by atoms with Crippen molar-refractivity contribution >= 4 is 29.7 Å². The van der Waals surface area contributed by atoms with Gasteiger partial charge in [-0.05, 0) is 58.0 Å². The van der Waals surface area contributed by atoms with Crippen molar-refractivity contribution in [1.29, 1.82) is 0 Å². The number of amides is 2. The van der Waals surface area contributed by atoms with Crippen molar-refractivity contribution in [2.24, 2.45) is 0 Å². The van der Waals surface area contributed by atoms with Crippen molar-refractivity contribution in [1.82, 2.24) is 10.2 Å². The first kappa shape index (κ1) is 22.6. The van der Waals surface area contributed by atoms with E-state index in [1.807, 2.05) is 11.2 Å². The Morgan fingerprint density at radius 2 is 2.00 bits per heavy atom. The van der Waals surface area contributed by atoms with Gasteiger partial charge in [0.05, 0.1) is 6.61 Å². The van der Waals surface area contributed by atoms with E-state index in [1.54, 1.807) is 18.7 Å². The first-order valence-corrected chi connectivity index (χ1v) is 10.8. The van der Waals surface area contributed by atoms with Crippen LogP contribution in [0.2, 0.25) is 0 Å². The van der Waals surface area contributed by atoms with E-state index in [-0.39, 0.29) is 18.6 Å². The second-order valence-electron chi connectivity index (χ2n) is 6.37. The molecule has 0 saturated carbocycles. The van der Waals surface area contributed by atoms with Crippen LogP contribution in [0, 0.1) is 0 Å². The molecule has 0 aromatic carbocycles. The Morgan fingerprint density at radius 3 is 2.62 bits per heavy atom. The van der Waals surface area contributed by atoms with Crippen LogP contribution in [-0.2, 0) is 19.1 Å². The molecule has 0 radical (unpaired) electrons. The van der Waals surface area contributed by atoms with Crippen molar-refractivity contribution in [3.05, 3.63) is 0 Å². The number of carbonyl (C=O) groups excluding carboxylic acids is 3. The lowest BCUT2D eigenvalue weighted by molar-refractivity contribution is -0.152. The lowest BCUT2D eigenvalue weighted by Crippen LogP contribution is -2.53. The topological polar surface area (TPSA) is 84.9 Å². The molecule has 2 amide bonds. The smallest absolute Gasteiger partial charge is 0.408 e. The minimum atomic E-state index is -1.01. The molecule has 7 nitrogen and oxygen atoms in total. The summed E-state index contributed by atoms with van der Waals surface area (Å²) in [6.45, 7) is 6.16. The second-order valence-corrected chi connectivity index (χ2v) is 7.35. The molecule has 26 heavy (non-hydrogen) atoms. The van der Waals surface area contributed by atoms with E-state index in [0.717, 1.165) is 38.0 Å². The first-order chi connectivity index (χ1) is 12.4. The number of rotatable bonds is 9. The zero-order valence-corrected chi connectivity index (χ0v) is 17.1. The number of carbonyl (C=O) groups is 3. The maximum atomic E-state index is 13.0. The lowest BCUT2D eigenvalue weighted by atomic mass is 9.98. The molecule has 1 aliphatic rings. The molecule has 150 valence electrons. The van der Waals surface area contributed by atoms with Crippen molar-refractivity contribution in [2.75, 3.05) is 25.2 Å². The minimum absolute atomic E-state index is 0.0636. The molecule has 1 aliphatic heterocycles. The Hall–Kier alpha value is -1.44. The van der Waals surface area contributed by atoms with Crippen LogP contribution in [0.25, 0.3) is 0 Å². The fourth-order valence-corrected chi connectivity index (χ4v) is 3.52. The highest BCUT2D eigenvalue weighted by Crippen LogP contribution is 2.21. The Kier molecular flexibility index (Phi) is 10.5. The van der Waals surface area contributed by atoms with Gasteiger partial charge >= 0.3 is 12.1 Å². The molecule has 0 bridgehead atoms. The molecular formula is C18H32N2O5S. The molecule has 1 heterocycles. The number of hydrogen-bond donors (Lipinski definition) is 1. The van der Waals surface area contributed by atoms with Crippen LogP contribution >= 0.6 is 11.8 Å². The number of esters is 1. The van der Waals surface area contributed by atoms with Crippen LogP contribution in [0.4, 0.5) is 4.79 Å². The first-order valence-electron chi connectivity index (χ1n) is 9.37. The summed E-state index contributed by atoms with van der Waals surface area (Å²) < 4.78 is 9.89. The molecule has 1 unspecified atom stereocenters. The summed E-state index contributed by atoms with van der Waals surface area (Å²) in [4.78, 5) is 38.6. The third-order valence-electron chi connectivity index (χ3n) is 4.48. The monoisotopic (exact) mass is 388 g/mol. The Labute approximate surface area is 160 Å². The zero-order chi connectivity index (χ0) is 19.5. The number of hydrogen-bond acceptors (Lipinski definition) is 6. The molecule has 0 aromatic heterocycles. The van der Waals surface area contributed by atoms with Gasteiger partial charge in [0.25, 0.3) is 0 Å². The molecule has 1 rings (SSSR count). The van der Waals surface area contributed by atoms with E-state index in [9.17, 15) is 14.4 Å². The predicted octanol–water partition coefficient (Wildman–Crippen LogP) is 2.58. The summed E-state index contributed by atoms with van der Waals surface area (Å²) in [5.74, 6) is 0.0810. The van der Waals surface area contributed by atoms with Crippen LogP contribution in [0.1, 0.15) is 52.9 Å². The number of likely N-dealkylation sites (tertiary alicyclic amines) is 1. The molecule has 0 aromatic rings. The normalized spacial score (nSPS) is 19.4. The molecule has 3 atom stereocenters. The van der Waals surface area contributed by atoms with Crippen LogP contribution in [0.15, 0.2) is 0 Å². The summed E-state index contributed by atoms with van der Waals surface area (Å²) >= 11 is 1.62. The summed E-state index contributed by atoms with van der Waals surface area (Å²) in [5, 5.41) is 2.65. The van der Waals surface area contributed by atoms with Gasteiger partial charge in [-0.3, -0.25) is 4.79 Å². The largest absolute Gasteiger partial charge is 0.463 e. The van der Waals surface area contributed by atoms with Gasteiger partial charge in [-0.2, -0.15) is 11.8 Å². The number of nitrogens with zero attached hydrogens (tertiary/aromatic N) is 1. The molecule has 1 fully saturated rings. The molecule has 1 saturated heterocycles. The van der Waals surface area contributed by atoms with Crippen LogP contribution < -0.4 is 5.32 Å². The van der Waals surface area contributed by atoms with Crippen LogP contribution in [0.3, 0.4) is 0 Å². The summed E-state index contributed by atoms with van der Waals surface area (Å²) in [5.41, 5.74) is 0. The highest BCUT2D eigenvalue weighted by molar-refractivity contribution is 7.98. The van der Waals surface area contributed by atoms with Gasteiger partial charge in [0, 0.05) is 12.6 Å². The quantitative estimate of drug-likeness (QED) is 0.611. The SMILES string of the molecule is CCOC(=O)[C@H](C)OC(=O)N[C@@H](CCSC)C(=O)N1CCCCC1CC. The van der Waals surface area contributed by atoms with Crippen molar-refractivity contribution in [3.63, 3.8) is 0 Å². The van der Waals surface area contributed by atoms with Gasteiger partial charge in [-0.15, -0.1) is 0 Å². The van der Waals surface area contributed by atoms with E-state index in [2.05, 4.69) is 12.2 Å². The Balaban J connectivity index is 2.71. The van der Waals surface area contributed by atoms with Crippen molar-refractivity contribution < 1.29 is 23.9 Å². The number of piperidine rings is 1. The van der Waals surface area contributed by atoms with Gasteiger partial charge < -0.3 is 19.7 Å². The van der Waals surface area contributed by atoms with Crippen LogP contribution in [0.5, 0.6) is 0 Å². The fourth-order valence-electron chi connectivity index (χ4n) is 3.05. The standard InChI is InChI=1S/C18H32N2O5S/c1-5-14-9-7-8-11-20(14)16(21)15(10-12-26-4)19-18(23)25-13(3)17(22)24-6-2/h13-15H,5-12H2,1-4H3,(H,19,23)/t13-,14?,15-/m0/s1. The Bertz CT molecular complexity index is 474. The average molecular weight is 389 g/mol. The van der Waals surface area contributed by atoms with Gasteiger partial charge in [0.1, 0.15) is 6.04 Å². The van der Waals surface area contributed by atoms with E-state index in [4.69, 9.17) is 9.47 Å². The second kappa shape index (κ2) is 12.0. The van der Waals surface area contributed by atoms with Crippen LogP contribution in [-0.4, -0.2) is 66.2 Å². The number of ether oxygens (including phenoxy) is 2. The molecule has 0 spiro atoms. The van der Waals surface area contributed by atoms with E-state index < -0.39 is 24.2 Å². The van der Waals surface area contributed by atoms with E-state index in [1.165, 1.54) is 6.92 Å². The maximum absolute atomic E-state index is 13.0. The summed E-state index contributed by atoms with van der Waals surface area (Å²) in [6.07, 6.45) is 4.73. The maximum Gasteiger partial charge on any atom is 0.408 e. The zero-order valence-electron chi connectivity index (χ0n) is 16.3. The van der Waals surface area contributed by atoms with Gasteiger partial charge in [0.2, 0.25) is 5.91 Å². The molecular weight excluding hydrogens is 356 g/mol. The average Bonchev–Trinajstić information content (AvgIpc) is 2.64. The van der Waals surface area contributed by atoms with Gasteiger partial charge in [-0.25, -0.2) is 9.59 Å². The lowest BCUT2D eigenvalue weighted by Gasteiger charge is -2.37. The highest BCUT2D eigenvalue weighted by atomic mass is 32.2. The summed E-state index contributed by atoms with van der Waals surface area (Å²) in [7, 11) is 0. The highest BCUT2D eigenvalue weighted by Gasteiger charge is 2.32. The van der Waals surface area contributed by atoms with Gasteiger partial charge in [-0.1, -0.05) is 6.92 Å². The van der Waals surface area contributed by atoms with Gasteiger partial charge in [0.15, 0.2) is 6.10 Å². The third kappa shape index (κ3) is 7.05. The molecule has 8 heteroatoms. The fraction of sp³-hybridized carbons (Fsp3) is 0.833. The van der Waals surface area contributed by atoms with Crippen molar-refractivity contribution in [3.8, 4) is 0 Å². The number of thioether (sulfide) groups is 1. The Morgan fingerprint density at radius 1 is 1.27 bits per heavy atom. The number of alkyl carbamates (subject to hydrolysis) is 1. The third-order valence-corrected chi connectivity index (χ3v) is 5.13. The minimum Gasteiger partial charge on any atom is -0.463 e. The molecule has 1 N–H and O–H groups in total. The van der Waals surface area contributed by atoms with E-state index in [0.29, 0.717) is 6.42 Å². The predicted molar refractivity (Wildman–Crippen MR) is 102 cm³/mol. The van der Waals surface area contributed by atoms with E-state index >= 15 is 0 Å². The summed E-state index contributed by atoms with van der Waals surface area (Å²) in [6, 6.07) is -0.416.